The van der Waals surface area contributed by atoms with Crippen LogP contribution in [0.4, 0.5) is 0 Å². The lowest BCUT2D eigenvalue weighted by Gasteiger charge is -2.04. The molecular formula is C13H14N2OS. The van der Waals surface area contributed by atoms with Crippen LogP contribution in [-0.2, 0) is 6.54 Å². The Labute approximate surface area is 104 Å². The van der Waals surface area contributed by atoms with Gasteiger partial charge in [0.2, 0.25) is 0 Å². The summed E-state index contributed by atoms with van der Waals surface area (Å²) in [4.78, 5) is 15.5. The molecule has 0 unspecified atom stereocenters. The van der Waals surface area contributed by atoms with Crippen LogP contribution in [0.15, 0.2) is 35.1 Å². The van der Waals surface area contributed by atoms with E-state index in [-0.39, 0.29) is 4.87 Å². The minimum absolute atomic E-state index is 0.0245. The third-order valence-corrected chi connectivity index (χ3v) is 3.88. The van der Waals surface area contributed by atoms with E-state index in [4.69, 9.17) is 0 Å². The van der Waals surface area contributed by atoms with Crippen LogP contribution in [0.1, 0.15) is 18.5 Å². The number of hydrogen-bond donors (Lipinski definition) is 2. The Morgan fingerprint density at radius 2 is 2.06 bits per heavy atom. The van der Waals surface area contributed by atoms with Crippen molar-refractivity contribution in [3.63, 3.8) is 0 Å². The molecule has 3 rings (SSSR count). The molecule has 0 aliphatic heterocycles. The number of hydrogen-bond acceptors (Lipinski definition) is 3. The summed E-state index contributed by atoms with van der Waals surface area (Å²) < 4.78 is 0. The third-order valence-electron chi connectivity index (χ3n) is 2.90. The summed E-state index contributed by atoms with van der Waals surface area (Å²) in [5.74, 6) is 0. The smallest absolute Gasteiger partial charge is 0.305 e. The van der Waals surface area contributed by atoms with Crippen molar-refractivity contribution in [3.8, 4) is 10.4 Å². The SMILES string of the molecule is O=c1[nH]c(CNC2CC2)c(-c2ccccc2)s1. The zero-order chi connectivity index (χ0) is 11.7. The lowest BCUT2D eigenvalue weighted by molar-refractivity contribution is 0.677. The van der Waals surface area contributed by atoms with Crippen LogP contribution in [-0.4, -0.2) is 11.0 Å². The normalized spacial score (nSPS) is 15.1. The average Bonchev–Trinajstić information content (AvgIpc) is 3.11. The number of thiazole rings is 1. The van der Waals surface area contributed by atoms with Gasteiger partial charge in [-0.3, -0.25) is 4.79 Å². The van der Waals surface area contributed by atoms with E-state index in [2.05, 4.69) is 10.3 Å². The standard InChI is InChI=1S/C13H14N2OS/c16-13-15-11(8-14-10-6-7-10)12(17-13)9-4-2-1-3-5-9/h1-5,10,14H,6-8H2,(H,15,16). The van der Waals surface area contributed by atoms with Crippen LogP contribution < -0.4 is 10.2 Å². The molecule has 3 nitrogen and oxygen atoms in total. The summed E-state index contributed by atoms with van der Waals surface area (Å²) in [7, 11) is 0. The van der Waals surface area contributed by atoms with Crippen LogP contribution in [0, 0.1) is 0 Å². The number of benzene rings is 1. The second-order valence-corrected chi connectivity index (χ2v) is 5.33. The lowest BCUT2D eigenvalue weighted by Crippen LogP contribution is -2.16. The summed E-state index contributed by atoms with van der Waals surface area (Å²) in [6.45, 7) is 0.758. The minimum atomic E-state index is 0.0245. The van der Waals surface area contributed by atoms with Crippen molar-refractivity contribution in [1.29, 1.82) is 0 Å². The molecule has 1 heterocycles. The van der Waals surface area contributed by atoms with E-state index in [9.17, 15) is 4.79 Å². The Bertz CT molecular complexity index is 554. The molecule has 0 saturated heterocycles. The van der Waals surface area contributed by atoms with E-state index in [1.54, 1.807) is 0 Å². The summed E-state index contributed by atoms with van der Waals surface area (Å²) >= 11 is 1.29. The van der Waals surface area contributed by atoms with Crippen molar-refractivity contribution in [2.45, 2.75) is 25.4 Å². The monoisotopic (exact) mass is 246 g/mol. The van der Waals surface area contributed by atoms with Gasteiger partial charge < -0.3 is 10.3 Å². The Morgan fingerprint density at radius 1 is 1.29 bits per heavy atom. The molecule has 0 spiro atoms. The van der Waals surface area contributed by atoms with E-state index in [0.29, 0.717) is 6.04 Å². The Balaban J connectivity index is 1.89. The number of nitrogens with one attached hydrogen (secondary N) is 2. The predicted octanol–water partition coefficient (Wildman–Crippen LogP) is 2.36. The fourth-order valence-corrected chi connectivity index (χ4v) is 2.70. The van der Waals surface area contributed by atoms with Gasteiger partial charge in [-0.05, 0) is 18.4 Å². The van der Waals surface area contributed by atoms with Gasteiger partial charge in [0.25, 0.3) is 0 Å². The molecule has 1 saturated carbocycles. The van der Waals surface area contributed by atoms with Crippen molar-refractivity contribution >= 4 is 11.3 Å². The first-order valence-corrected chi connectivity index (χ1v) is 6.65. The number of H-pyrrole nitrogens is 1. The van der Waals surface area contributed by atoms with Crippen LogP contribution >= 0.6 is 11.3 Å². The fourth-order valence-electron chi connectivity index (χ4n) is 1.84. The maximum atomic E-state index is 11.5. The summed E-state index contributed by atoms with van der Waals surface area (Å²) in [6.07, 6.45) is 2.52. The maximum absolute atomic E-state index is 11.5. The maximum Gasteiger partial charge on any atom is 0.305 e. The van der Waals surface area contributed by atoms with E-state index < -0.39 is 0 Å². The first kappa shape index (κ1) is 10.7. The van der Waals surface area contributed by atoms with Crippen LogP contribution in [0.5, 0.6) is 0 Å². The highest BCUT2D eigenvalue weighted by Crippen LogP contribution is 2.26. The molecule has 2 N–H and O–H groups in total. The largest absolute Gasteiger partial charge is 0.315 e. The van der Waals surface area contributed by atoms with E-state index in [0.717, 1.165) is 22.7 Å². The fraction of sp³-hybridized carbons (Fsp3) is 0.308. The van der Waals surface area contributed by atoms with E-state index in [1.165, 1.54) is 24.2 Å². The van der Waals surface area contributed by atoms with Gasteiger partial charge in [0.15, 0.2) is 0 Å². The molecule has 1 aliphatic rings. The zero-order valence-electron chi connectivity index (χ0n) is 9.40. The molecule has 17 heavy (non-hydrogen) atoms. The van der Waals surface area contributed by atoms with Gasteiger partial charge in [-0.25, -0.2) is 0 Å². The summed E-state index contributed by atoms with van der Waals surface area (Å²) in [6, 6.07) is 10.7. The van der Waals surface area contributed by atoms with Gasteiger partial charge in [0.1, 0.15) is 0 Å². The molecule has 1 aromatic carbocycles. The molecule has 88 valence electrons. The molecule has 1 fully saturated rings. The molecule has 4 heteroatoms. The molecule has 1 aromatic heterocycles. The van der Waals surface area contributed by atoms with Crippen molar-refractivity contribution < 1.29 is 0 Å². The van der Waals surface area contributed by atoms with Gasteiger partial charge in [-0.2, -0.15) is 0 Å². The number of rotatable bonds is 4. The lowest BCUT2D eigenvalue weighted by atomic mass is 10.1. The molecule has 0 amide bonds. The summed E-state index contributed by atoms with van der Waals surface area (Å²) in [5, 5.41) is 3.43. The molecule has 0 radical (unpaired) electrons. The predicted molar refractivity (Wildman–Crippen MR) is 70.2 cm³/mol. The average molecular weight is 246 g/mol. The van der Waals surface area contributed by atoms with Crippen molar-refractivity contribution in [2.24, 2.45) is 0 Å². The molecule has 0 atom stereocenters. The van der Waals surface area contributed by atoms with Crippen molar-refractivity contribution in [2.75, 3.05) is 0 Å². The number of aromatic amines is 1. The molecule has 0 bridgehead atoms. The number of aromatic nitrogens is 1. The third kappa shape index (κ3) is 2.48. The van der Waals surface area contributed by atoms with Gasteiger partial charge in [-0.1, -0.05) is 41.7 Å². The first-order chi connectivity index (χ1) is 8.33. The van der Waals surface area contributed by atoms with Gasteiger partial charge in [-0.15, -0.1) is 0 Å². The molecular weight excluding hydrogens is 232 g/mol. The Kier molecular flexibility index (Phi) is 2.82. The topological polar surface area (TPSA) is 44.9 Å². The second-order valence-electron chi connectivity index (χ2n) is 4.34. The van der Waals surface area contributed by atoms with Crippen LogP contribution in [0.2, 0.25) is 0 Å². The van der Waals surface area contributed by atoms with Crippen LogP contribution in [0.25, 0.3) is 10.4 Å². The Morgan fingerprint density at radius 3 is 2.76 bits per heavy atom. The highest BCUT2D eigenvalue weighted by molar-refractivity contribution is 7.13. The van der Waals surface area contributed by atoms with Crippen LogP contribution in [0.3, 0.4) is 0 Å². The van der Waals surface area contributed by atoms with Gasteiger partial charge >= 0.3 is 4.87 Å². The minimum Gasteiger partial charge on any atom is -0.315 e. The summed E-state index contributed by atoms with van der Waals surface area (Å²) in [5.41, 5.74) is 2.13. The van der Waals surface area contributed by atoms with Gasteiger partial charge in [0, 0.05) is 12.6 Å². The molecule has 1 aliphatic carbocycles. The highest BCUT2D eigenvalue weighted by atomic mass is 32.1. The van der Waals surface area contributed by atoms with E-state index in [1.807, 2.05) is 30.3 Å². The van der Waals surface area contributed by atoms with Crippen molar-refractivity contribution in [1.82, 2.24) is 10.3 Å². The Hall–Kier alpha value is -1.39. The van der Waals surface area contributed by atoms with Crippen molar-refractivity contribution in [3.05, 3.63) is 45.7 Å². The highest BCUT2D eigenvalue weighted by Gasteiger charge is 2.21. The quantitative estimate of drug-likeness (QED) is 0.870. The van der Waals surface area contributed by atoms with Gasteiger partial charge in [0.05, 0.1) is 10.6 Å². The molecule has 2 aromatic rings. The first-order valence-electron chi connectivity index (χ1n) is 5.84. The zero-order valence-corrected chi connectivity index (χ0v) is 10.2. The van der Waals surface area contributed by atoms with E-state index >= 15 is 0 Å². The second kappa shape index (κ2) is 4.47.